The molecule has 140 valence electrons. The third kappa shape index (κ3) is 2.30. The molecule has 3 nitrogen and oxygen atoms in total. The third-order valence-electron chi connectivity index (χ3n) is 9.00. The molecule has 1 N–H and O–H groups in total. The molecule has 0 radical (unpaired) electrons. The van der Waals surface area contributed by atoms with E-state index in [1.807, 2.05) is 0 Å². The van der Waals surface area contributed by atoms with E-state index in [0.717, 1.165) is 31.1 Å². The molecular weight excluding hydrogens is 312 g/mol. The summed E-state index contributed by atoms with van der Waals surface area (Å²) in [5.74, 6) is 1.72. The second-order valence-electron chi connectivity index (χ2n) is 10.1. The molecule has 2 bridgehead atoms. The van der Waals surface area contributed by atoms with Crippen LogP contribution in [0.5, 0.6) is 0 Å². The fourth-order valence-electron chi connectivity index (χ4n) is 7.98. The van der Waals surface area contributed by atoms with Crippen LogP contribution in [0, 0.1) is 34.0 Å². The molecule has 25 heavy (non-hydrogen) atoms. The number of hydrogen-bond donors (Lipinski definition) is 1. The highest BCUT2D eigenvalue weighted by molar-refractivity contribution is 5.66. The molecule has 3 heteroatoms. The fourth-order valence-corrected chi connectivity index (χ4v) is 7.98. The van der Waals surface area contributed by atoms with Gasteiger partial charge in [0.1, 0.15) is 6.10 Å². The summed E-state index contributed by atoms with van der Waals surface area (Å²) in [6.45, 7) is 10.7. The van der Waals surface area contributed by atoms with Gasteiger partial charge < -0.3 is 9.84 Å². The lowest BCUT2D eigenvalue weighted by Crippen LogP contribution is -2.61. The maximum Gasteiger partial charge on any atom is 0.302 e. The van der Waals surface area contributed by atoms with Crippen LogP contribution in [0.1, 0.15) is 72.1 Å². The molecule has 4 aliphatic carbocycles. The van der Waals surface area contributed by atoms with E-state index < -0.39 is 0 Å². The van der Waals surface area contributed by atoms with Crippen LogP contribution in [0.3, 0.4) is 0 Å². The summed E-state index contributed by atoms with van der Waals surface area (Å²) in [4.78, 5) is 11.6. The van der Waals surface area contributed by atoms with E-state index in [9.17, 15) is 9.90 Å². The summed E-state index contributed by atoms with van der Waals surface area (Å²) < 4.78 is 5.69. The van der Waals surface area contributed by atoms with Crippen molar-refractivity contribution in [3.8, 4) is 0 Å². The Morgan fingerprint density at radius 1 is 1.20 bits per heavy atom. The SMILES string of the molecule is C=C1CC23CCC4C(C)(CO)C(OC(C)=O)CCC4(C)C2CCC1C3. The molecule has 0 aromatic carbocycles. The monoisotopic (exact) mass is 346 g/mol. The third-order valence-corrected chi connectivity index (χ3v) is 9.00. The number of aliphatic hydroxyl groups is 1. The molecule has 0 aliphatic heterocycles. The van der Waals surface area contributed by atoms with Gasteiger partial charge in [0.05, 0.1) is 6.61 Å². The van der Waals surface area contributed by atoms with Gasteiger partial charge in [-0.15, -0.1) is 0 Å². The Hall–Kier alpha value is -0.830. The Morgan fingerprint density at radius 3 is 2.64 bits per heavy atom. The van der Waals surface area contributed by atoms with Gasteiger partial charge in [-0.1, -0.05) is 26.0 Å². The Morgan fingerprint density at radius 2 is 1.96 bits per heavy atom. The Balaban J connectivity index is 1.69. The summed E-state index contributed by atoms with van der Waals surface area (Å²) in [6, 6.07) is 0. The van der Waals surface area contributed by atoms with Crippen molar-refractivity contribution in [2.24, 2.45) is 34.0 Å². The lowest BCUT2D eigenvalue weighted by atomic mass is 9.40. The minimum atomic E-state index is -0.313. The average Bonchev–Trinajstić information content (AvgIpc) is 2.79. The minimum absolute atomic E-state index is 0.111. The van der Waals surface area contributed by atoms with Crippen molar-refractivity contribution >= 4 is 5.97 Å². The van der Waals surface area contributed by atoms with Gasteiger partial charge in [-0.3, -0.25) is 4.79 Å². The van der Waals surface area contributed by atoms with E-state index in [1.54, 1.807) is 0 Å². The van der Waals surface area contributed by atoms with Crippen molar-refractivity contribution in [2.75, 3.05) is 6.61 Å². The Labute approximate surface area is 152 Å². The van der Waals surface area contributed by atoms with Gasteiger partial charge in [-0.25, -0.2) is 0 Å². The zero-order valence-corrected chi connectivity index (χ0v) is 16.1. The molecule has 0 saturated heterocycles. The first-order chi connectivity index (χ1) is 11.7. The summed E-state index contributed by atoms with van der Waals surface area (Å²) >= 11 is 0. The summed E-state index contributed by atoms with van der Waals surface area (Å²) in [6.07, 6.45) is 9.48. The van der Waals surface area contributed by atoms with Crippen LogP contribution in [-0.4, -0.2) is 23.8 Å². The standard InChI is InChI=1S/C22H34O3/c1-14-11-22-10-7-17-20(3,18(22)6-5-16(14)12-22)9-8-19(25-15(2)24)21(17,4)13-23/h16-19,23H,1,5-13H2,2-4H3. The molecule has 4 aliphatic rings. The van der Waals surface area contributed by atoms with Gasteiger partial charge in [-0.05, 0) is 80.0 Å². The summed E-state index contributed by atoms with van der Waals surface area (Å²) in [5, 5.41) is 10.3. The van der Waals surface area contributed by atoms with E-state index in [0.29, 0.717) is 11.3 Å². The number of carbonyl (C=O) groups is 1. The maximum atomic E-state index is 11.6. The molecule has 0 aromatic rings. The normalized spacial score (nSPS) is 51.6. The van der Waals surface area contributed by atoms with Gasteiger partial charge in [0.25, 0.3) is 0 Å². The van der Waals surface area contributed by atoms with Crippen molar-refractivity contribution in [3.05, 3.63) is 12.2 Å². The molecule has 7 unspecified atom stereocenters. The molecule has 1 spiro atoms. The van der Waals surface area contributed by atoms with Crippen LogP contribution >= 0.6 is 0 Å². The fraction of sp³-hybridized carbons (Fsp3) is 0.864. The van der Waals surface area contributed by atoms with Crippen LogP contribution in [0.15, 0.2) is 12.2 Å². The molecule has 0 amide bonds. The molecular formula is C22H34O3. The highest BCUT2D eigenvalue weighted by Gasteiger charge is 2.65. The first-order valence-corrected chi connectivity index (χ1v) is 10.2. The maximum absolute atomic E-state index is 11.6. The number of carbonyl (C=O) groups excluding carboxylic acids is 1. The quantitative estimate of drug-likeness (QED) is 0.592. The van der Waals surface area contributed by atoms with Crippen LogP contribution < -0.4 is 0 Å². The van der Waals surface area contributed by atoms with Gasteiger partial charge >= 0.3 is 5.97 Å². The van der Waals surface area contributed by atoms with E-state index >= 15 is 0 Å². The first kappa shape index (κ1) is 17.6. The Bertz CT molecular complexity index is 598. The zero-order chi connectivity index (χ0) is 18.0. The predicted molar refractivity (Wildman–Crippen MR) is 97.8 cm³/mol. The molecule has 0 aromatic heterocycles. The van der Waals surface area contributed by atoms with Gasteiger partial charge in [0.2, 0.25) is 0 Å². The molecule has 4 saturated carbocycles. The van der Waals surface area contributed by atoms with Crippen molar-refractivity contribution in [3.63, 3.8) is 0 Å². The molecule has 4 fully saturated rings. The second kappa shape index (κ2) is 5.58. The topological polar surface area (TPSA) is 46.5 Å². The van der Waals surface area contributed by atoms with Crippen molar-refractivity contribution in [2.45, 2.75) is 78.2 Å². The number of allylic oxidation sites excluding steroid dienone is 1. The summed E-state index contributed by atoms with van der Waals surface area (Å²) in [7, 11) is 0. The van der Waals surface area contributed by atoms with E-state index in [2.05, 4.69) is 20.4 Å². The van der Waals surface area contributed by atoms with Gasteiger partial charge in [0.15, 0.2) is 0 Å². The van der Waals surface area contributed by atoms with Crippen LogP contribution in [0.25, 0.3) is 0 Å². The predicted octanol–water partition coefficient (Wildman–Crippen LogP) is 4.49. The first-order valence-electron chi connectivity index (χ1n) is 10.2. The van der Waals surface area contributed by atoms with Crippen molar-refractivity contribution < 1.29 is 14.6 Å². The lowest BCUT2D eigenvalue weighted by Gasteiger charge is -2.65. The molecule has 4 rings (SSSR count). The Kier molecular flexibility index (Phi) is 3.92. The highest BCUT2D eigenvalue weighted by atomic mass is 16.5. The smallest absolute Gasteiger partial charge is 0.302 e. The zero-order valence-electron chi connectivity index (χ0n) is 16.1. The van der Waals surface area contributed by atoms with E-state index in [1.165, 1.54) is 44.6 Å². The number of aliphatic hydroxyl groups excluding tert-OH is 1. The molecule has 7 atom stereocenters. The highest BCUT2D eigenvalue weighted by Crippen LogP contribution is 2.72. The second-order valence-corrected chi connectivity index (χ2v) is 10.1. The van der Waals surface area contributed by atoms with Crippen molar-refractivity contribution in [1.29, 1.82) is 0 Å². The lowest BCUT2D eigenvalue weighted by molar-refractivity contribution is -0.210. The van der Waals surface area contributed by atoms with Crippen molar-refractivity contribution in [1.82, 2.24) is 0 Å². The minimum Gasteiger partial charge on any atom is -0.462 e. The number of ether oxygens (including phenoxy) is 1. The summed E-state index contributed by atoms with van der Waals surface area (Å²) in [5.41, 5.74) is 1.91. The number of hydrogen-bond acceptors (Lipinski definition) is 3. The molecule has 0 heterocycles. The largest absolute Gasteiger partial charge is 0.462 e. The van der Waals surface area contributed by atoms with Crippen LogP contribution in [0.4, 0.5) is 0 Å². The number of fused-ring (bicyclic) bond motifs is 3. The van der Waals surface area contributed by atoms with Gasteiger partial charge in [0, 0.05) is 12.3 Å². The van der Waals surface area contributed by atoms with Crippen LogP contribution in [-0.2, 0) is 9.53 Å². The number of esters is 1. The van der Waals surface area contributed by atoms with E-state index in [4.69, 9.17) is 4.74 Å². The average molecular weight is 347 g/mol. The van der Waals surface area contributed by atoms with Gasteiger partial charge in [-0.2, -0.15) is 0 Å². The van der Waals surface area contributed by atoms with Crippen LogP contribution in [0.2, 0.25) is 0 Å². The van der Waals surface area contributed by atoms with E-state index in [-0.39, 0.29) is 29.5 Å². The number of rotatable bonds is 2.